The molecule has 0 amide bonds. The van der Waals surface area contributed by atoms with E-state index in [0.29, 0.717) is 65.1 Å². The van der Waals surface area contributed by atoms with E-state index in [2.05, 4.69) is 16.7 Å². The van der Waals surface area contributed by atoms with Crippen LogP contribution in [0.4, 0.5) is 0 Å². The van der Waals surface area contributed by atoms with Crippen molar-refractivity contribution in [1.82, 2.24) is 18.8 Å². The molecular formula is C26H35N5O6S. The lowest BCUT2D eigenvalue weighted by atomic mass is 9.95. The normalized spacial score (nSPS) is 15.6. The Balaban J connectivity index is 1.61. The number of ether oxygens (including phenoxy) is 1. The molecule has 1 aliphatic rings. The van der Waals surface area contributed by atoms with Crippen LogP contribution in [0.25, 0.3) is 22.4 Å². The number of benzene rings is 1. The first-order valence-electron chi connectivity index (χ1n) is 13.1. The van der Waals surface area contributed by atoms with E-state index in [1.165, 1.54) is 0 Å². The molecule has 0 saturated carbocycles. The SMILES string of the molecule is CCCOc1ccc(S(=O)N2CCC(CCO[N+](=O)[O-])CC2)cc1-c1nc2c(CCC)cn(C)c2c(=O)[nH]1. The quantitative estimate of drug-likeness (QED) is 0.269. The first-order valence-corrected chi connectivity index (χ1v) is 14.2. The van der Waals surface area contributed by atoms with Gasteiger partial charge in [-0.25, -0.2) is 13.5 Å². The Morgan fingerprint density at radius 2 is 1.97 bits per heavy atom. The molecule has 4 rings (SSSR count). The Morgan fingerprint density at radius 1 is 1.21 bits per heavy atom. The maximum absolute atomic E-state index is 13.5. The molecule has 11 nitrogen and oxygen atoms in total. The third kappa shape index (κ3) is 6.24. The van der Waals surface area contributed by atoms with E-state index in [4.69, 9.17) is 9.72 Å². The molecule has 1 saturated heterocycles. The van der Waals surface area contributed by atoms with Crippen molar-refractivity contribution >= 4 is 22.0 Å². The van der Waals surface area contributed by atoms with Crippen LogP contribution in [0, 0.1) is 16.0 Å². The number of rotatable bonds is 12. The lowest BCUT2D eigenvalue weighted by molar-refractivity contribution is -0.758. The number of aromatic nitrogens is 3. The van der Waals surface area contributed by atoms with Crippen LogP contribution in [-0.4, -0.2) is 54.4 Å². The van der Waals surface area contributed by atoms with Gasteiger partial charge in [0.1, 0.15) is 28.1 Å². The van der Waals surface area contributed by atoms with Crippen LogP contribution in [0.3, 0.4) is 0 Å². The fourth-order valence-electron chi connectivity index (χ4n) is 4.90. The first kappa shape index (κ1) is 27.8. The molecule has 2 aromatic heterocycles. The molecular weight excluding hydrogens is 510 g/mol. The lowest BCUT2D eigenvalue weighted by Gasteiger charge is -2.30. The lowest BCUT2D eigenvalue weighted by Crippen LogP contribution is -2.35. The number of piperidine rings is 1. The molecule has 38 heavy (non-hydrogen) atoms. The van der Waals surface area contributed by atoms with E-state index < -0.39 is 16.1 Å². The van der Waals surface area contributed by atoms with E-state index in [1.54, 1.807) is 18.2 Å². The summed E-state index contributed by atoms with van der Waals surface area (Å²) in [6.07, 6.45) is 6.70. The van der Waals surface area contributed by atoms with E-state index >= 15 is 0 Å². The Labute approximate surface area is 223 Å². The number of nitrogens with zero attached hydrogens (tertiary/aromatic N) is 4. The predicted octanol–water partition coefficient (Wildman–Crippen LogP) is 4.00. The van der Waals surface area contributed by atoms with Crippen molar-refractivity contribution in [3.8, 4) is 17.1 Å². The Bertz CT molecular complexity index is 1360. The van der Waals surface area contributed by atoms with Crippen molar-refractivity contribution in [3.63, 3.8) is 0 Å². The van der Waals surface area contributed by atoms with Gasteiger partial charge in [-0.1, -0.05) is 20.3 Å². The number of aryl methyl sites for hydroxylation is 2. The summed E-state index contributed by atoms with van der Waals surface area (Å²) < 4.78 is 23.2. The van der Waals surface area contributed by atoms with Crippen LogP contribution in [0.5, 0.6) is 5.75 Å². The number of hydrogen-bond acceptors (Lipinski definition) is 7. The highest BCUT2D eigenvalue weighted by Crippen LogP contribution is 2.32. The van der Waals surface area contributed by atoms with Gasteiger partial charge in [0, 0.05) is 26.3 Å². The Hall–Kier alpha value is -3.25. The first-order chi connectivity index (χ1) is 18.3. The second kappa shape index (κ2) is 12.5. The summed E-state index contributed by atoms with van der Waals surface area (Å²) in [5, 5.41) is 9.62. The molecule has 1 aromatic carbocycles. The monoisotopic (exact) mass is 545 g/mol. The topological polar surface area (TPSA) is 133 Å². The summed E-state index contributed by atoms with van der Waals surface area (Å²) in [5.41, 5.74) is 2.58. The van der Waals surface area contributed by atoms with Gasteiger partial charge in [-0.15, -0.1) is 10.1 Å². The molecule has 1 atom stereocenters. The molecule has 0 aliphatic carbocycles. The Kier molecular flexibility index (Phi) is 9.16. The Morgan fingerprint density at radius 3 is 2.66 bits per heavy atom. The summed E-state index contributed by atoms with van der Waals surface area (Å²) in [7, 11) is 0.426. The minimum atomic E-state index is -1.42. The smallest absolute Gasteiger partial charge is 0.294 e. The molecule has 0 radical (unpaired) electrons. The summed E-state index contributed by atoms with van der Waals surface area (Å²) in [5.74, 6) is 1.26. The summed E-state index contributed by atoms with van der Waals surface area (Å²) in [6.45, 7) is 5.92. The van der Waals surface area contributed by atoms with Crippen molar-refractivity contribution in [2.45, 2.75) is 57.3 Å². The highest BCUT2D eigenvalue weighted by Gasteiger charge is 2.25. The molecule has 206 valence electrons. The second-order valence-corrected chi connectivity index (χ2v) is 11.1. The largest absolute Gasteiger partial charge is 0.493 e. The molecule has 1 unspecified atom stereocenters. The minimum Gasteiger partial charge on any atom is -0.493 e. The number of nitrogens with one attached hydrogen (secondary N) is 1. The number of fused-ring (bicyclic) bond motifs is 1. The third-order valence-corrected chi connectivity index (χ3v) is 8.31. The highest BCUT2D eigenvalue weighted by molar-refractivity contribution is 7.82. The van der Waals surface area contributed by atoms with Crippen molar-refractivity contribution in [2.24, 2.45) is 13.0 Å². The van der Waals surface area contributed by atoms with E-state index in [-0.39, 0.29) is 12.2 Å². The van der Waals surface area contributed by atoms with Gasteiger partial charge in [0.05, 0.1) is 29.2 Å². The van der Waals surface area contributed by atoms with Crippen molar-refractivity contribution in [3.05, 3.63) is 50.4 Å². The number of H-pyrrole nitrogens is 1. The van der Waals surface area contributed by atoms with Gasteiger partial charge < -0.3 is 19.1 Å². The number of aromatic amines is 1. The maximum atomic E-state index is 13.5. The zero-order valence-corrected chi connectivity index (χ0v) is 22.9. The third-order valence-electron chi connectivity index (χ3n) is 6.82. The molecule has 3 heterocycles. The van der Waals surface area contributed by atoms with E-state index in [9.17, 15) is 19.1 Å². The molecule has 1 aliphatic heterocycles. The van der Waals surface area contributed by atoms with Crippen LogP contribution in [0.1, 0.15) is 51.5 Å². The average Bonchev–Trinajstić information content (AvgIpc) is 3.22. The van der Waals surface area contributed by atoms with E-state index in [1.807, 2.05) is 29.0 Å². The molecule has 12 heteroatoms. The van der Waals surface area contributed by atoms with Gasteiger partial charge in [0.2, 0.25) is 0 Å². The average molecular weight is 546 g/mol. The van der Waals surface area contributed by atoms with Crippen molar-refractivity contribution < 1.29 is 18.9 Å². The maximum Gasteiger partial charge on any atom is 0.294 e. The zero-order chi connectivity index (χ0) is 27.2. The van der Waals surface area contributed by atoms with Gasteiger partial charge in [-0.05, 0) is 61.8 Å². The van der Waals surface area contributed by atoms with Crippen LogP contribution < -0.4 is 10.3 Å². The second-order valence-electron chi connectivity index (χ2n) is 9.60. The fraction of sp³-hybridized carbons (Fsp3) is 0.538. The fourth-order valence-corrected chi connectivity index (χ4v) is 6.15. The van der Waals surface area contributed by atoms with Crippen LogP contribution >= 0.6 is 0 Å². The van der Waals surface area contributed by atoms with Gasteiger partial charge in [0.25, 0.3) is 10.6 Å². The van der Waals surface area contributed by atoms with Gasteiger partial charge in [-0.2, -0.15) is 0 Å². The molecule has 1 N–H and O–H groups in total. The standard InChI is InChI=1S/C26H35N5O6S/c1-4-6-19-17-29(3)24-23(19)27-25(28-26(24)32)21-16-20(7-8-22(21)36-14-5-2)38(35)30-12-9-18(10-13-30)11-15-37-31(33)34/h7-8,16-18H,4-6,9-15H2,1-3H3,(H,27,28,32). The van der Waals surface area contributed by atoms with E-state index in [0.717, 1.165) is 37.7 Å². The zero-order valence-electron chi connectivity index (χ0n) is 22.1. The minimum absolute atomic E-state index is 0.0836. The van der Waals surface area contributed by atoms with Crippen LogP contribution in [0.2, 0.25) is 0 Å². The van der Waals surface area contributed by atoms with Crippen molar-refractivity contribution in [1.29, 1.82) is 0 Å². The summed E-state index contributed by atoms with van der Waals surface area (Å²) >= 11 is 0. The molecule has 3 aromatic rings. The molecule has 0 bridgehead atoms. The highest BCUT2D eigenvalue weighted by atomic mass is 32.2. The molecule has 0 spiro atoms. The van der Waals surface area contributed by atoms with Gasteiger partial charge in [-0.3, -0.25) is 4.79 Å². The number of hydrogen-bond donors (Lipinski definition) is 1. The van der Waals surface area contributed by atoms with Gasteiger partial charge in [0.15, 0.2) is 0 Å². The van der Waals surface area contributed by atoms with Crippen LogP contribution in [-0.2, 0) is 29.3 Å². The van der Waals surface area contributed by atoms with Gasteiger partial charge >= 0.3 is 0 Å². The summed E-state index contributed by atoms with van der Waals surface area (Å²) in [6, 6.07) is 5.38. The predicted molar refractivity (Wildman–Crippen MR) is 145 cm³/mol. The van der Waals surface area contributed by atoms with Crippen LogP contribution in [0.15, 0.2) is 34.1 Å². The molecule has 1 fully saturated rings. The van der Waals surface area contributed by atoms with Crippen molar-refractivity contribution in [2.75, 3.05) is 26.3 Å². The summed E-state index contributed by atoms with van der Waals surface area (Å²) in [4.78, 5) is 36.3.